The Labute approximate surface area is 194 Å². The van der Waals surface area contributed by atoms with Gasteiger partial charge in [-0.15, -0.1) is 0 Å². The molecule has 0 atom stereocenters. The average molecular weight is 466 g/mol. The minimum atomic E-state index is -0.520. The molecule has 1 amide bonds. The van der Waals surface area contributed by atoms with Crippen molar-refractivity contribution in [3.05, 3.63) is 69.2 Å². The van der Waals surface area contributed by atoms with Crippen molar-refractivity contribution in [3.63, 3.8) is 0 Å². The number of carbonyl (C=O) groups is 1. The van der Waals surface area contributed by atoms with Crippen molar-refractivity contribution in [1.29, 1.82) is 0 Å². The van der Waals surface area contributed by atoms with Gasteiger partial charge in [0, 0.05) is 67.4 Å². The number of allylic oxidation sites excluding steroid dienone is 1. The number of non-ortho nitro benzene ring substituents is 1. The quantitative estimate of drug-likeness (QED) is 0.301. The number of anilines is 2. The molecular formula is C23H23FN6O4. The van der Waals surface area contributed by atoms with Crippen molar-refractivity contribution in [3.8, 4) is 0 Å². The molecule has 3 aliphatic heterocycles. The van der Waals surface area contributed by atoms with Gasteiger partial charge in [0.05, 0.1) is 16.2 Å². The van der Waals surface area contributed by atoms with Gasteiger partial charge in [-0.25, -0.2) is 4.39 Å². The number of nitro groups is 1. The molecule has 1 saturated heterocycles. The van der Waals surface area contributed by atoms with Crippen molar-refractivity contribution >= 4 is 34.3 Å². The van der Waals surface area contributed by atoms with Crippen molar-refractivity contribution in [1.82, 2.24) is 9.80 Å². The number of benzene rings is 2. The zero-order valence-electron chi connectivity index (χ0n) is 18.5. The fourth-order valence-corrected chi connectivity index (χ4v) is 4.29. The van der Waals surface area contributed by atoms with E-state index < -0.39 is 16.6 Å². The van der Waals surface area contributed by atoms with E-state index in [4.69, 9.17) is 4.84 Å². The number of amides is 1. The lowest BCUT2D eigenvalue weighted by atomic mass is 10.0. The van der Waals surface area contributed by atoms with Crippen molar-refractivity contribution in [2.75, 3.05) is 57.0 Å². The standard InChI is InChI=1S/C23H23FN6O4/c1-28-6-8-29(9-7-28)10-11-34-27-21-17-12-14(24)2-4-19(17)25-22(21)20-16-13-15(30(32)33)3-5-18(16)26-23(20)31/h2-5,12-13,25H,6-11H2,1H3,(H,26,31)/b22-20-,27-21+. The third-order valence-corrected chi connectivity index (χ3v) is 6.19. The lowest BCUT2D eigenvalue weighted by Gasteiger charge is -2.31. The Morgan fingerprint density at radius 1 is 1.09 bits per heavy atom. The van der Waals surface area contributed by atoms with Crippen LogP contribution in [0, 0.1) is 15.9 Å². The van der Waals surface area contributed by atoms with Gasteiger partial charge in [-0.3, -0.25) is 19.8 Å². The third kappa shape index (κ3) is 4.11. The second-order valence-corrected chi connectivity index (χ2v) is 8.42. The Bertz CT molecular complexity index is 1240. The Morgan fingerprint density at radius 3 is 2.59 bits per heavy atom. The summed E-state index contributed by atoms with van der Waals surface area (Å²) in [6.45, 7) is 4.88. The predicted molar refractivity (Wildman–Crippen MR) is 125 cm³/mol. The summed E-state index contributed by atoms with van der Waals surface area (Å²) in [4.78, 5) is 33.8. The number of nitrogens with zero attached hydrogens (tertiary/aromatic N) is 4. The van der Waals surface area contributed by atoms with Gasteiger partial charge >= 0.3 is 0 Å². The van der Waals surface area contributed by atoms with E-state index in [0.29, 0.717) is 41.4 Å². The first-order valence-electron chi connectivity index (χ1n) is 10.9. The molecule has 0 spiro atoms. The maximum absolute atomic E-state index is 14.1. The largest absolute Gasteiger partial charge is 0.394 e. The van der Waals surface area contributed by atoms with Gasteiger partial charge < -0.3 is 20.4 Å². The smallest absolute Gasteiger partial charge is 0.270 e. The number of carbonyl (C=O) groups excluding carboxylic acids is 1. The van der Waals surface area contributed by atoms with Gasteiger partial charge in [0.25, 0.3) is 11.6 Å². The summed E-state index contributed by atoms with van der Waals surface area (Å²) in [7, 11) is 2.09. The van der Waals surface area contributed by atoms with E-state index >= 15 is 0 Å². The van der Waals surface area contributed by atoms with Crippen LogP contribution < -0.4 is 10.6 Å². The number of rotatable bonds is 5. The summed E-state index contributed by atoms with van der Waals surface area (Å²) < 4.78 is 14.1. The number of oxime groups is 1. The molecule has 3 aliphatic rings. The lowest BCUT2D eigenvalue weighted by Crippen LogP contribution is -2.45. The maximum atomic E-state index is 14.1. The van der Waals surface area contributed by atoms with E-state index in [1.165, 1.54) is 30.3 Å². The number of piperazine rings is 1. The fourth-order valence-electron chi connectivity index (χ4n) is 4.29. The number of fused-ring (bicyclic) bond motifs is 2. The summed E-state index contributed by atoms with van der Waals surface area (Å²) in [6.07, 6.45) is 0. The fraction of sp³-hybridized carbons (Fsp3) is 0.304. The van der Waals surface area contributed by atoms with Crippen LogP contribution in [0.5, 0.6) is 0 Å². The molecule has 2 N–H and O–H groups in total. The number of hydrogen-bond donors (Lipinski definition) is 2. The molecule has 0 bridgehead atoms. The lowest BCUT2D eigenvalue weighted by molar-refractivity contribution is -0.384. The first-order chi connectivity index (χ1) is 16.4. The van der Waals surface area contributed by atoms with Crippen LogP contribution in [0.15, 0.2) is 47.3 Å². The number of likely N-dealkylation sites (N-methyl/N-ethyl adjacent to an activating group) is 1. The predicted octanol–water partition coefficient (Wildman–Crippen LogP) is 2.49. The molecule has 1 fully saturated rings. The van der Waals surface area contributed by atoms with E-state index in [9.17, 15) is 19.3 Å². The molecule has 5 rings (SSSR count). The van der Waals surface area contributed by atoms with Crippen LogP contribution in [0.1, 0.15) is 11.1 Å². The molecule has 3 heterocycles. The number of hydrogen-bond acceptors (Lipinski definition) is 8. The van der Waals surface area contributed by atoms with Gasteiger partial charge in [0.1, 0.15) is 18.1 Å². The zero-order chi connectivity index (χ0) is 23.8. The number of nitrogens with one attached hydrogen (secondary N) is 2. The SMILES string of the molecule is CN1CCN(CCO/N=C2/C(=C3/C(=O)Nc4ccc([N+](=O)[O-])cc43)Nc3ccc(F)cc32)CC1. The molecule has 34 heavy (non-hydrogen) atoms. The van der Waals surface area contributed by atoms with E-state index in [0.717, 1.165) is 26.2 Å². The average Bonchev–Trinajstić information content (AvgIpc) is 3.33. The molecule has 2 aromatic rings. The van der Waals surface area contributed by atoms with Crippen LogP contribution >= 0.6 is 0 Å². The first-order valence-corrected chi connectivity index (χ1v) is 10.9. The molecule has 176 valence electrons. The maximum Gasteiger partial charge on any atom is 0.270 e. The molecule has 0 unspecified atom stereocenters. The Balaban J connectivity index is 1.47. The zero-order valence-corrected chi connectivity index (χ0v) is 18.5. The summed E-state index contributed by atoms with van der Waals surface area (Å²) in [5.74, 6) is -0.889. The van der Waals surface area contributed by atoms with Gasteiger partial charge in [-0.1, -0.05) is 5.16 Å². The van der Waals surface area contributed by atoms with Gasteiger partial charge in [-0.2, -0.15) is 0 Å². The van der Waals surface area contributed by atoms with Gasteiger partial charge in [0.2, 0.25) is 0 Å². The summed E-state index contributed by atoms with van der Waals surface area (Å²) >= 11 is 0. The topological polar surface area (TPSA) is 112 Å². The first kappa shape index (κ1) is 22.0. The highest BCUT2D eigenvalue weighted by Crippen LogP contribution is 2.40. The molecular weight excluding hydrogens is 443 g/mol. The molecule has 0 aromatic heterocycles. The van der Waals surface area contributed by atoms with Crippen LogP contribution in [-0.2, 0) is 9.63 Å². The van der Waals surface area contributed by atoms with Crippen LogP contribution in [0.25, 0.3) is 5.57 Å². The van der Waals surface area contributed by atoms with Gasteiger partial charge in [-0.05, 0) is 31.3 Å². The minimum Gasteiger partial charge on any atom is -0.394 e. The normalized spacial score (nSPS) is 21.2. The molecule has 11 heteroatoms. The van der Waals surface area contributed by atoms with Crippen molar-refractivity contribution in [2.45, 2.75) is 0 Å². The van der Waals surface area contributed by atoms with Gasteiger partial charge in [0.15, 0.2) is 0 Å². The van der Waals surface area contributed by atoms with E-state index in [2.05, 4.69) is 32.6 Å². The highest BCUT2D eigenvalue weighted by Gasteiger charge is 2.35. The van der Waals surface area contributed by atoms with E-state index in [-0.39, 0.29) is 17.0 Å². The molecule has 0 radical (unpaired) electrons. The molecule has 2 aromatic carbocycles. The van der Waals surface area contributed by atoms with Crippen molar-refractivity contribution < 1.29 is 18.9 Å². The molecule has 0 aliphatic carbocycles. The third-order valence-electron chi connectivity index (χ3n) is 6.19. The second kappa shape index (κ2) is 8.84. The Hall–Kier alpha value is -3.83. The highest BCUT2D eigenvalue weighted by molar-refractivity contribution is 6.39. The van der Waals surface area contributed by atoms with E-state index in [1.807, 2.05) is 0 Å². The second-order valence-electron chi connectivity index (χ2n) is 8.42. The Kier molecular flexibility index (Phi) is 5.72. The number of nitro benzene ring substituents is 1. The monoisotopic (exact) mass is 466 g/mol. The van der Waals surface area contributed by atoms with E-state index in [1.54, 1.807) is 6.07 Å². The Morgan fingerprint density at radius 2 is 1.82 bits per heavy atom. The van der Waals surface area contributed by atoms with Crippen LogP contribution in [0.4, 0.5) is 21.5 Å². The molecule has 0 saturated carbocycles. The highest BCUT2D eigenvalue weighted by atomic mass is 19.1. The molecule has 10 nitrogen and oxygen atoms in total. The minimum absolute atomic E-state index is 0.142. The van der Waals surface area contributed by atoms with Crippen LogP contribution in [0.3, 0.4) is 0 Å². The van der Waals surface area contributed by atoms with Crippen LogP contribution in [-0.4, -0.2) is 72.7 Å². The summed E-state index contributed by atoms with van der Waals surface area (Å²) in [5, 5.41) is 21.4. The van der Waals surface area contributed by atoms with Crippen molar-refractivity contribution in [2.24, 2.45) is 5.16 Å². The number of halogens is 1. The summed E-state index contributed by atoms with van der Waals surface area (Å²) in [6, 6.07) is 8.34. The summed E-state index contributed by atoms with van der Waals surface area (Å²) in [5.41, 5.74) is 2.49. The van der Waals surface area contributed by atoms with Crippen LogP contribution in [0.2, 0.25) is 0 Å².